The molecule has 4 rings (SSSR count). The SMILES string of the molecule is O=C(Nc1cnccn1)[C@@H]1CCO[C@@H]2CCN(Cc3ccoc3)C[C@@H]21.O=C(O)C(F)(F)F. The number of carbonyl (C=O) groups is 2. The molecular formula is C20H23F3N4O5. The highest BCUT2D eigenvalue weighted by molar-refractivity contribution is 5.91. The van der Waals surface area contributed by atoms with Crippen LogP contribution in [0.2, 0.25) is 0 Å². The fraction of sp³-hybridized carbons (Fsp3) is 0.500. The monoisotopic (exact) mass is 456 g/mol. The Bertz CT molecular complexity index is 879. The number of amides is 1. The van der Waals surface area contributed by atoms with Crippen LogP contribution in [0.4, 0.5) is 19.0 Å². The maximum atomic E-state index is 12.8. The number of likely N-dealkylation sites (tertiary alicyclic amines) is 1. The molecule has 9 nitrogen and oxygen atoms in total. The van der Waals surface area contributed by atoms with E-state index in [1.807, 2.05) is 6.07 Å². The van der Waals surface area contributed by atoms with Crippen LogP contribution in [0, 0.1) is 11.8 Å². The number of piperidine rings is 1. The van der Waals surface area contributed by atoms with Gasteiger partial charge in [0.25, 0.3) is 0 Å². The van der Waals surface area contributed by atoms with E-state index >= 15 is 0 Å². The number of carboxylic acid groups (broad SMARTS) is 1. The Balaban J connectivity index is 0.000000360. The van der Waals surface area contributed by atoms with Crippen LogP contribution in [0.3, 0.4) is 0 Å². The van der Waals surface area contributed by atoms with Crippen molar-refractivity contribution in [2.24, 2.45) is 11.8 Å². The number of aromatic nitrogens is 2. The van der Waals surface area contributed by atoms with E-state index in [1.54, 1.807) is 31.1 Å². The number of fused-ring (bicyclic) bond motifs is 1. The molecule has 2 fully saturated rings. The van der Waals surface area contributed by atoms with Crippen molar-refractivity contribution in [2.45, 2.75) is 31.7 Å². The molecule has 0 spiro atoms. The Morgan fingerprint density at radius 3 is 2.69 bits per heavy atom. The molecule has 0 radical (unpaired) electrons. The van der Waals surface area contributed by atoms with E-state index < -0.39 is 12.1 Å². The lowest BCUT2D eigenvalue weighted by Crippen LogP contribution is -2.52. The number of ether oxygens (including phenoxy) is 1. The molecule has 2 aliphatic rings. The Labute approximate surface area is 181 Å². The Hall–Kier alpha value is -2.99. The first-order valence-corrected chi connectivity index (χ1v) is 9.96. The predicted molar refractivity (Wildman–Crippen MR) is 104 cm³/mol. The van der Waals surface area contributed by atoms with Gasteiger partial charge >= 0.3 is 12.1 Å². The molecular weight excluding hydrogens is 433 g/mol. The van der Waals surface area contributed by atoms with E-state index in [1.165, 1.54) is 0 Å². The summed E-state index contributed by atoms with van der Waals surface area (Å²) in [6.07, 6.45) is 4.99. The van der Waals surface area contributed by atoms with Crippen molar-refractivity contribution in [3.8, 4) is 0 Å². The molecule has 32 heavy (non-hydrogen) atoms. The Morgan fingerprint density at radius 2 is 2.06 bits per heavy atom. The van der Waals surface area contributed by atoms with Gasteiger partial charge in [-0.1, -0.05) is 0 Å². The number of nitrogens with one attached hydrogen (secondary N) is 1. The predicted octanol–water partition coefficient (Wildman–Crippen LogP) is 2.57. The number of nitrogens with zero attached hydrogens (tertiary/aromatic N) is 3. The van der Waals surface area contributed by atoms with E-state index in [4.69, 9.17) is 19.1 Å². The lowest BCUT2D eigenvalue weighted by molar-refractivity contribution is -0.192. The molecule has 2 saturated heterocycles. The second kappa shape index (κ2) is 10.6. The van der Waals surface area contributed by atoms with Crippen LogP contribution in [0.1, 0.15) is 18.4 Å². The molecule has 12 heteroatoms. The highest BCUT2D eigenvalue weighted by Crippen LogP contribution is 2.34. The van der Waals surface area contributed by atoms with Crippen LogP contribution < -0.4 is 5.32 Å². The van der Waals surface area contributed by atoms with Crippen LogP contribution in [-0.2, 0) is 20.9 Å². The van der Waals surface area contributed by atoms with Gasteiger partial charge in [0.1, 0.15) is 0 Å². The van der Waals surface area contributed by atoms with Crippen molar-refractivity contribution in [3.63, 3.8) is 0 Å². The number of rotatable bonds is 4. The second-order valence-electron chi connectivity index (χ2n) is 7.51. The maximum Gasteiger partial charge on any atom is 0.490 e. The third-order valence-corrected chi connectivity index (χ3v) is 5.33. The standard InChI is InChI=1S/C18H22N4O3.C2HF3O2/c23-18(21-17-9-19-4-5-20-17)14-3-8-25-16-1-6-22(11-15(14)16)10-13-2-7-24-12-13;3-2(4,5)1(6)7/h2,4-5,7,9,12,14-16H,1,3,6,8,10-11H2,(H,20,21,23);(H,6,7)/t14-,15-,16-;/m1./s1. The largest absolute Gasteiger partial charge is 0.490 e. The normalized spacial score (nSPS) is 23.4. The average molecular weight is 456 g/mol. The van der Waals surface area contributed by atoms with E-state index in [-0.39, 0.29) is 23.8 Å². The van der Waals surface area contributed by atoms with Crippen LogP contribution in [0.15, 0.2) is 41.6 Å². The zero-order valence-electron chi connectivity index (χ0n) is 17.0. The van der Waals surface area contributed by atoms with E-state index in [0.717, 1.165) is 38.0 Å². The van der Waals surface area contributed by atoms with Crippen molar-refractivity contribution in [1.82, 2.24) is 14.9 Å². The first kappa shape index (κ1) is 23.7. The molecule has 4 heterocycles. The minimum atomic E-state index is -5.08. The molecule has 3 atom stereocenters. The van der Waals surface area contributed by atoms with Crippen LogP contribution in [0.25, 0.3) is 0 Å². The lowest BCUT2D eigenvalue weighted by atomic mass is 9.79. The molecule has 0 unspecified atom stereocenters. The van der Waals surface area contributed by atoms with Crippen LogP contribution in [0.5, 0.6) is 0 Å². The number of aliphatic carboxylic acids is 1. The maximum absolute atomic E-state index is 12.8. The minimum Gasteiger partial charge on any atom is -0.475 e. The summed E-state index contributed by atoms with van der Waals surface area (Å²) >= 11 is 0. The summed E-state index contributed by atoms with van der Waals surface area (Å²) in [5, 5.41) is 10.0. The van der Waals surface area contributed by atoms with Crippen molar-refractivity contribution >= 4 is 17.7 Å². The molecule has 2 aromatic heterocycles. The molecule has 1 amide bonds. The lowest BCUT2D eigenvalue weighted by Gasteiger charge is -2.44. The number of halogens is 3. The summed E-state index contributed by atoms with van der Waals surface area (Å²) in [4.78, 5) is 32.2. The van der Waals surface area contributed by atoms with Gasteiger partial charge < -0.3 is 19.6 Å². The highest BCUT2D eigenvalue weighted by Gasteiger charge is 2.41. The second-order valence-corrected chi connectivity index (χ2v) is 7.51. The number of hydrogen-bond donors (Lipinski definition) is 2. The summed E-state index contributed by atoms with van der Waals surface area (Å²) in [7, 11) is 0. The smallest absolute Gasteiger partial charge is 0.475 e. The van der Waals surface area contributed by atoms with E-state index in [9.17, 15) is 18.0 Å². The molecule has 0 bridgehead atoms. The summed E-state index contributed by atoms with van der Waals surface area (Å²) in [5.74, 6) is -2.10. The van der Waals surface area contributed by atoms with Gasteiger partial charge in [-0.05, 0) is 18.9 Å². The third-order valence-electron chi connectivity index (χ3n) is 5.33. The van der Waals surface area contributed by atoms with Crippen molar-refractivity contribution in [1.29, 1.82) is 0 Å². The zero-order chi connectivity index (χ0) is 23.1. The molecule has 0 aliphatic carbocycles. The quantitative estimate of drug-likeness (QED) is 0.721. The first-order chi connectivity index (χ1) is 15.2. The number of carbonyl (C=O) groups excluding carboxylic acids is 1. The fourth-order valence-electron chi connectivity index (χ4n) is 3.88. The van der Waals surface area contributed by atoms with Crippen LogP contribution >= 0.6 is 0 Å². The molecule has 2 aliphatic heterocycles. The summed E-state index contributed by atoms with van der Waals surface area (Å²) in [6.45, 7) is 3.32. The van der Waals surface area contributed by atoms with Gasteiger partial charge in [0.2, 0.25) is 5.91 Å². The Kier molecular flexibility index (Phi) is 7.80. The van der Waals surface area contributed by atoms with E-state index in [0.29, 0.717) is 12.4 Å². The molecule has 0 saturated carbocycles. The van der Waals surface area contributed by atoms with Crippen molar-refractivity contribution in [3.05, 3.63) is 42.7 Å². The molecule has 0 aromatic carbocycles. The molecule has 2 N–H and O–H groups in total. The minimum absolute atomic E-state index is 0.0176. The third kappa shape index (κ3) is 6.50. The van der Waals surface area contributed by atoms with Crippen LogP contribution in [-0.4, -0.2) is 63.8 Å². The fourth-order valence-corrected chi connectivity index (χ4v) is 3.88. The average Bonchev–Trinajstić information content (AvgIpc) is 3.27. The summed E-state index contributed by atoms with van der Waals surface area (Å²) in [6, 6.07) is 1.99. The summed E-state index contributed by atoms with van der Waals surface area (Å²) < 4.78 is 42.8. The van der Waals surface area contributed by atoms with Gasteiger partial charge in [-0.2, -0.15) is 13.2 Å². The summed E-state index contributed by atoms with van der Waals surface area (Å²) in [5.41, 5.74) is 1.16. The number of hydrogen-bond acceptors (Lipinski definition) is 7. The molecule has 174 valence electrons. The number of furan rings is 1. The van der Waals surface area contributed by atoms with Gasteiger partial charge in [-0.15, -0.1) is 0 Å². The highest BCUT2D eigenvalue weighted by atomic mass is 19.4. The van der Waals surface area contributed by atoms with Crippen molar-refractivity contribution in [2.75, 3.05) is 25.0 Å². The van der Waals surface area contributed by atoms with Gasteiger partial charge in [-0.25, -0.2) is 9.78 Å². The topological polar surface area (TPSA) is 118 Å². The molecule has 2 aromatic rings. The number of alkyl halides is 3. The van der Waals surface area contributed by atoms with Gasteiger partial charge in [0, 0.05) is 56.0 Å². The van der Waals surface area contributed by atoms with Gasteiger partial charge in [-0.3, -0.25) is 14.7 Å². The van der Waals surface area contributed by atoms with E-state index in [2.05, 4.69) is 20.2 Å². The number of carboxylic acids is 1. The van der Waals surface area contributed by atoms with Gasteiger partial charge in [0.05, 0.1) is 24.8 Å². The first-order valence-electron chi connectivity index (χ1n) is 9.96. The van der Waals surface area contributed by atoms with Crippen molar-refractivity contribution < 1.29 is 37.0 Å². The zero-order valence-corrected chi connectivity index (χ0v) is 17.0. The number of anilines is 1. The Morgan fingerprint density at radius 1 is 1.28 bits per heavy atom. The van der Waals surface area contributed by atoms with Gasteiger partial charge in [0.15, 0.2) is 5.82 Å².